The van der Waals surface area contributed by atoms with Crippen molar-refractivity contribution in [3.8, 4) is 23.0 Å². The summed E-state index contributed by atoms with van der Waals surface area (Å²) >= 11 is 0. The number of carboxylic acids is 2. The zero-order chi connectivity index (χ0) is 35.5. The van der Waals surface area contributed by atoms with Crippen molar-refractivity contribution in [3.05, 3.63) is 44.5 Å². The van der Waals surface area contributed by atoms with Gasteiger partial charge < -0.3 is 29.9 Å². The van der Waals surface area contributed by atoms with Gasteiger partial charge in [-0.3, -0.25) is 9.59 Å². The van der Waals surface area contributed by atoms with E-state index in [1.54, 1.807) is 0 Å². The van der Waals surface area contributed by atoms with Crippen LogP contribution in [-0.2, 0) is 22.4 Å². The third-order valence-corrected chi connectivity index (χ3v) is 12.0. The molecular formula is C40H58O8. The molecule has 0 spiro atoms. The molecule has 2 aliphatic rings. The Kier molecular flexibility index (Phi) is 12.0. The third kappa shape index (κ3) is 7.73. The number of hydrogen-bond acceptors (Lipinski definition) is 6. The van der Waals surface area contributed by atoms with Gasteiger partial charge >= 0.3 is 11.9 Å². The highest BCUT2D eigenvalue weighted by Crippen LogP contribution is 2.47. The Hall–Kier alpha value is -3.42. The lowest BCUT2D eigenvalue weighted by atomic mass is 9.70. The predicted octanol–water partition coefficient (Wildman–Crippen LogP) is 8.97. The van der Waals surface area contributed by atoms with E-state index < -0.39 is 17.4 Å². The van der Waals surface area contributed by atoms with E-state index in [0.717, 1.165) is 94.5 Å². The Morgan fingerprint density at radius 3 is 1.46 bits per heavy atom. The maximum absolute atomic E-state index is 13.3. The summed E-state index contributed by atoms with van der Waals surface area (Å²) in [4.78, 5) is 24.2. The van der Waals surface area contributed by atoms with Crippen molar-refractivity contribution in [3.63, 3.8) is 0 Å². The number of unbranched alkanes of at least 4 members (excludes halogenated alkanes) is 4. The predicted molar refractivity (Wildman–Crippen MR) is 188 cm³/mol. The Morgan fingerprint density at radius 1 is 0.625 bits per heavy atom. The number of carboxylic acid groups (broad SMARTS) is 2. The fourth-order valence-corrected chi connectivity index (χ4v) is 8.13. The molecule has 0 saturated carbocycles. The number of aliphatic carboxylic acids is 2. The van der Waals surface area contributed by atoms with Gasteiger partial charge in [0.25, 0.3) is 0 Å². The molecule has 0 aliphatic carbocycles. The lowest BCUT2D eigenvalue weighted by molar-refractivity contribution is -0.151. The largest absolute Gasteiger partial charge is 0.507 e. The number of aromatic hydroxyl groups is 2. The first-order valence-corrected chi connectivity index (χ1v) is 18.0. The lowest BCUT2D eigenvalue weighted by Crippen LogP contribution is -2.38. The van der Waals surface area contributed by atoms with Crippen molar-refractivity contribution in [2.45, 2.75) is 151 Å². The molecule has 0 fully saturated rings. The van der Waals surface area contributed by atoms with E-state index in [-0.39, 0.29) is 30.5 Å². The van der Waals surface area contributed by atoms with Crippen LogP contribution < -0.4 is 9.47 Å². The fourth-order valence-electron chi connectivity index (χ4n) is 8.13. The highest BCUT2D eigenvalue weighted by molar-refractivity contribution is 5.74. The lowest BCUT2D eigenvalue weighted by Gasteiger charge is -2.39. The van der Waals surface area contributed by atoms with Crippen molar-refractivity contribution < 1.29 is 39.5 Å². The summed E-state index contributed by atoms with van der Waals surface area (Å²) in [5.41, 5.74) is 6.41. The number of phenolic OH excluding ortho intramolecular Hbond substituents is 2. The van der Waals surface area contributed by atoms with Crippen LogP contribution in [0.15, 0.2) is 0 Å². The van der Waals surface area contributed by atoms with Gasteiger partial charge in [-0.2, -0.15) is 0 Å². The van der Waals surface area contributed by atoms with E-state index in [1.165, 1.54) is 0 Å². The SMILES string of the molecule is Cc1c(C)c2c(c(C)c1O)CC(CCC(CCCCCCCC(=O)O)(CCC1Cc3c(C)c(O)c(C)c(C)c3OC1C)C(=O)O)C(C)O2. The van der Waals surface area contributed by atoms with E-state index in [0.29, 0.717) is 50.0 Å². The number of hydrogen-bond donors (Lipinski definition) is 4. The van der Waals surface area contributed by atoms with Crippen LogP contribution in [0.4, 0.5) is 0 Å². The summed E-state index contributed by atoms with van der Waals surface area (Å²) in [6, 6.07) is 0. The van der Waals surface area contributed by atoms with Gasteiger partial charge in [0.1, 0.15) is 23.0 Å². The molecule has 48 heavy (non-hydrogen) atoms. The van der Waals surface area contributed by atoms with Crippen LogP contribution in [0.1, 0.15) is 129 Å². The molecule has 2 heterocycles. The van der Waals surface area contributed by atoms with Crippen LogP contribution in [0.5, 0.6) is 23.0 Å². The molecule has 0 bridgehead atoms. The molecule has 4 rings (SSSR count). The second kappa shape index (κ2) is 15.4. The molecule has 4 unspecified atom stereocenters. The first kappa shape index (κ1) is 37.4. The molecule has 266 valence electrons. The molecule has 0 aromatic heterocycles. The van der Waals surface area contributed by atoms with Crippen molar-refractivity contribution in [1.82, 2.24) is 0 Å². The first-order valence-electron chi connectivity index (χ1n) is 18.0. The van der Waals surface area contributed by atoms with Crippen molar-refractivity contribution in [2.24, 2.45) is 17.3 Å². The monoisotopic (exact) mass is 666 g/mol. The van der Waals surface area contributed by atoms with E-state index in [4.69, 9.17) is 14.6 Å². The summed E-state index contributed by atoms with van der Waals surface area (Å²) in [7, 11) is 0. The zero-order valence-electron chi connectivity index (χ0n) is 30.4. The second-order valence-electron chi connectivity index (χ2n) is 15.0. The van der Waals surface area contributed by atoms with E-state index >= 15 is 0 Å². The molecule has 4 N–H and O–H groups in total. The van der Waals surface area contributed by atoms with Crippen LogP contribution >= 0.6 is 0 Å². The highest BCUT2D eigenvalue weighted by atomic mass is 16.5. The fraction of sp³-hybridized carbons (Fsp3) is 0.650. The third-order valence-electron chi connectivity index (χ3n) is 12.0. The summed E-state index contributed by atoms with van der Waals surface area (Å²) < 4.78 is 12.9. The summed E-state index contributed by atoms with van der Waals surface area (Å²) in [6.07, 6.45) is 8.51. The first-order chi connectivity index (χ1) is 22.6. The molecule has 0 saturated heterocycles. The van der Waals surface area contributed by atoms with Gasteiger partial charge in [-0.1, -0.05) is 25.7 Å². The highest BCUT2D eigenvalue weighted by Gasteiger charge is 2.42. The van der Waals surface area contributed by atoms with Crippen molar-refractivity contribution in [2.75, 3.05) is 0 Å². The Morgan fingerprint density at radius 2 is 1.04 bits per heavy atom. The van der Waals surface area contributed by atoms with Crippen LogP contribution in [-0.4, -0.2) is 44.6 Å². The van der Waals surface area contributed by atoms with Crippen LogP contribution in [0.25, 0.3) is 0 Å². The Bertz CT molecular complexity index is 1420. The van der Waals surface area contributed by atoms with Crippen LogP contribution in [0.3, 0.4) is 0 Å². The van der Waals surface area contributed by atoms with E-state index in [9.17, 15) is 24.9 Å². The minimum atomic E-state index is -0.915. The van der Waals surface area contributed by atoms with Gasteiger partial charge in [0, 0.05) is 17.5 Å². The number of benzene rings is 2. The van der Waals surface area contributed by atoms with Crippen molar-refractivity contribution in [1.29, 1.82) is 0 Å². The molecular weight excluding hydrogens is 608 g/mol. The maximum Gasteiger partial charge on any atom is 0.309 e. The summed E-state index contributed by atoms with van der Waals surface area (Å²) in [5, 5.41) is 41.5. The molecule has 8 heteroatoms. The minimum absolute atomic E-state index is 0.0779. The molecule has 0 radical (unpaired) electrons. The number of ether oxygens (including phenoxy) is 2. The van der Waals surface area contributed by atoms with Crippen LogP contribution in [0, 0.1) is 58.8 Å². The van der Waals surface area contributed by atoms with Gasteiger partial charge in [0.05, 0.1) is 17.6 Å². The topological polar surface area (TPSA) is 134 Å². The van der Waals surface area contributed by atoms with E-state index in [2.05, 4.69) is 13.8 Å². The standard InChI is InChI=1S/C40H58O8/c1-22-24(3)37-32(26(5)35(22)43)20-30(28(7)47-37)15-18-40(39(45)46,17-13-11-9-10-12-14-34(41)42)19-16-31-21-33-27(6)36(44)23(2)25(4)38(33)48-29(31)8/h28-31,43-44H,9-21H2,1-8H3,(H,41,42)(H,45,46). The zero-order valence-corrected chi connectivity index (χ0v) is 30.4. The molecule has 0 amide bonds. The van der Waals surface area contributed by atoms with Gasteiger partial charge in [0.2, 0.25) is 0 Å². The van der Waals surface area contributed by atoms with Gasteiger partial charge in [-0.25, -0.2) is 0 Å². The maximum atomic E-state index is 13.3. The molecule has 2 aromatic rings. The number of carbonyl (C=O) groups is 2. The average Bonchev–Trinajstić information content (AvgIpc) is 3.05. The Balaban J connectivity index is 1.53. The molecule has 4 atom stereocenters. The van der Waals surface area contributed by atoms with Gasteiger partial charge in [0.15, 0.2) is 0 Å². The average molecular weight is 667 g/mol. The number of phenols is 2. The minimum Gasteiger partial charge on any atom is -0.507 e. The summed E-state index contributed by atoms with van der Waals surface area (Å²) in [5.74, 6) is 1.04. The molecule has 2 aliphatic heterocycles. The smallest absolute Gasteiger partial charge is 0.309 e. The normalized spacial score (nSPS) is 21.4. The number of fused-ring (bicyclic) bond motifs is 2. The Labute approximate surface area is 286 Å². The quantitative estimate of drug-likeness (QED) is 0.138. The van der Waals surface area contributed by atoms with Gasteiger partial charge in [-0.15, -0.1) is 0 Å². The number of rotatable bonds is 15. The van der Waals surface area contributed by atoms with Gasteiger partial charge in [-0.05, 0) is 152 Å². The molecule has 2 aromatic carbocycles. The molecule has 8 nitrogen and oxygen atoms in total. The van der Waals surface area contributed by atoms with Crippen LogP contribution in [0.2, 0.25) is 0 Å². The van der Waals surface area contributed by atoms with E-state index in [1.807, 2.05) is 41.5 Å². The summed E-state index contributed by atoms with van der Waals surface area (Å²) in [6.45, 7) is 15.8. The second-order valence-corrected chi connectivity index (χ2v) is 15.0. The van der Waals surface area contributed by atoms with Crippen molar-refractivity contribution >= 4 is 11.9 Å².